The van der Waals surface area contributed by atoms with Gasteiger partial charge in [0.25, 0.3) is 0 Å². The molecule has 1 aromatic heterocycles. The molecule has 0 spiro atoms. The number of halogens is 1. The summed E-state index contributed by atoms with van der Waals surface area (Å²) in [6, 6.07) is 2.07. The Balaban J connectivity index is 2.56. The van der Waals surface area contributed by atoms with E-state index in [1.54, 1.807) is 12.3 Å². The fraction of sp³-hybridized carbons (Fsp3) is 0.500. The number of hydrogen-bond acceptors (Lipinski definition) is 4. The van der Waals surface area contributed by atoms with Crippen molar-refractivity contribution in [2.45, 2.75) is 19.4 Å². The molecule has 0 saturated carbocycles. The number of pyridine rings is 1. The van der Waals surface area contributed by atoms with Crippen molar-refractivity contribution in [3.05, 3.63) is 17.3 Å². The van der Waals surface area contributed by atoms with E-state index >= 15 is 0 Å². The number of thioether (sulfide) groups is 1. The van der Waals surface area contributed by atoms with E-state index in [9.17, 15) is 0 Å². The van der Waals surface area contributed by atoms with Crippen molar-refractivity contribution < 1.29 is 0 Å². The second-order valence-corrected chi connectivity index (χ2v) is 4.82. The highest BCUT2D eigenvalue weighted by Gasteiger charge is 2.06. The van der Waals surface area contributed by atoms with Gasteiger partial charge in [-0.25, -0.2) is 4.98 Å². The standard InChI is InChI=1S/C10H16ClN3S/c1-7(3-4-15-2)14-10-9(11)5-8(12)6-13-10/h5-7H,3-4,12H2,1-2H3,(H,13,14). The number of rotatable bonds is 5. The second-order valence-electron chi connectivity index (χ2n) is 3.43. The molecular weight excluding hydrogens is 230 g/mol. The molecule has 1 unspecified atom stereocenters. The molecule has 0 saturated heterocycles. The third-order valence-electron chi connectivity index (χ3n) is 2.00. The van der Waals surface area contributed by atoms with Gasteiger partial charge in [0.1, 0.15) is 5.82 Å². The van der Waals surface area contributed by atoms with Gasteiger partial charge in [0.15, 0.2) is 0 Å². The van der Waals surface area contributed by atoms with E-state index in [-0.39, 0.29) is 0 Å². The Labute approximate surface area is 99.8 Å². The molecule has 3 N–H and O–H groups in total. The smallest absolute Gasteiger partial charge is 0.145 e. The van der Waals surface area contributed by atoms with Gasteiger partial charge < -0.3 is 11.1 Å². The maximum Gasteiger partial charge on any atom is 0.145 e. The summed E-state index contributed by atoms with van der Waals surface area (Å²) in [6.45, 7) is 2.12. The molecule has 84 valence electrons. The lowest BCUT2D eigenvalue weighted by Gasteiger charge is -2.14. The van der Waals surface area contributed by atoms with E-state index in [0.29, 0.717) is 22.6 Å². The number of nitrogens with one attached hydrogen (secondary N) is 1. The van der Waals surface area contributed by atoms with E-state index in [2.05, 4.69) is 23.5 Å². The second kappa shape index (κ2) is 6.08. The van der Waals surface area contributed by atoms with Gasteiger partial charge in [-0.1, -0.05) is 11.6 Å². The van der Waals surface area contributed by atoms with Gasteiger partial charge in [-0.3, -0.25) is 0 Å². The minimum Gasteiger partial charge on any atom is -0.397 e. The Hall–Kier alpha value is -0.610. The number of nitrogens with zero attached hydrogens (tertiary/aromatic N) is 1. The molecule has 5 heteroatoms. The highest BCUT2D eigenvalue weighted by Crippen LogP contribution is 2.22. The van der Waals surface area contributed by atoms with Crippen molar-refractivity contribution in [3.63, 3.8) is 0 Å². The number of nitrogen functional groups attached to an aromatic ring is 1. The van der Waals surface area contributed by atoms with Crippen LogP contribution in [0.3, 0.4) is 0 Å². The molecule has 0 bridgehead atoms. The maximum absolute atomic E-state index is 6.00. The number of anilines is 2. The first kappa shape index (κ1) is 12.5. The average Bonchev–Trinajstić information content (AvgIpc) is 2.19. The first-order valence-corrected chi connectivity index (χ1v) is 6.57. The summed E-state index contributed by atoms with van der Waals surface area (Å²) in [5.74, 6) is 1.83. The maximum atomic E-state index is 6.00. The molecule has 0 aromatic carbocycles. The van der Waals surface area contributed by atoms with E-state index in [1.807, 2.05) is 11.8 Å². The summed E-state index contributed by atoms with van der Waals surface area (Å²) < 4.78 is 0. The van der Waals surface area contributed by atoms with Gasteiger partial charge in [-0.2, -0.15) is 11.8 Å². The van der Waals surface area contributed by atoms with Crippen LogP contribution in [0, 0.1) is 0 Å². The third-order valence-corrected chi connectivity index (χ3v) is 2.93. The Kier molecular flexibility index (Phi) is 5.05. The molecule has 1 heterocycles. The predicted octanol–water partition coefficient (Wildman–Crippen LogP) is 2.87. The number of aromatic nitrogens is 1. The van der Waals surface area contributed by atoms with Crippen molar-refractivity contribution in [2.75, 3.05) is 23.1 Å². The Morgan fingerprint density at radius 3 is 3.00 bits per heavy atom. The van der Waals surface area contributed by atoms with Crippen LogP contribution < -0.4 is 11.1 Å². The van der Waals surface area contributed by atoms with Crippen LogP contribution in [-0.2, 0) is 0 Å². The summed E-state index contributed by atoms with van der Waals surface area (Å²) in [4.78, 5) is 4.15. The zero-order chi connectivity index (χ0) is 11.3. The molecule has 15 heavy (non-hydrogen) atoms. The van der Waals surface area contributed by atoms with Crippen LogP contribution in [0.4, 0.5) is 11.5 Å². The van der Waals surface area contributed by atoms with E-state index < -0.39 is 0 Å². The molecule has 0 amide bonds. The van der Waals surface area contributed by atoms with Gasteiger partial charge >= 0.3 is 0 Å². The molecule has 1 atom stereocenters. The van der Waals surface area contributed by atoms with Gasteiger partial charge in [0.05, 0.1) is 16.9 Å². The topological polar surface area (TPSA) is 50.9 Å². The van der Waals surface area contributed by atoms with Crippen LogP contribution in [0.1, 0.15) is 13.3 Å². The Morgan fingerprint density at radius 1 is 1.67 bits per heavy atom. The number of nitrogens with two attached hydrogens (primary N) is 1. The van der Waals surface area contributed by atoms with Crippen LogP contribution in [0.5, 0.6) is 0 Å². The lowest BCUT2D eigenvalue weighted by atomic mass is 10.2. The van der Waals surface area contributed by atoms with Crippen molar-refractivity contribution in [1.29, 1.82) is 0 Å². The first-order valence-electron chi connectivity index (χ1n) is 4.80. The molecule has 1 aromatic rings. The minimum atomic E-state index is 0.367. The molecule has 0 aliphatic heterocycles. The summed E-state index contributed by atoms with van der Waals surface area (Å²) >= 11 is 7.83. The third kappa shape index (κ3) is 4.18. The molecule has 1 rings (SSSR count). The van der Waals surface area contributed by atoms with Crippen molar-refractivity contribution >= 4 is 34.9 Å². The molecule has 3 nitrogen and oxygen atoms in total. The highest BCUT2D eigenvalue weighted by molar-refractivity contribution is 7.98. The average molecular weight is 246 g/mol. The van der Waals surface area contributed by atoms with Crippen LogP contribution in [0.15, 0.2) is 12.3 Å². The van der Waals surface area contributed by atoms with Gasteiger partial charge in [0.2, 0.25) is 0 Å². The monoisotopic (exact) mass is 245 g/mol. The van der Waals surface area contributed by atoms with E-state index in [4.69, 9.17) is 17.3 Å². The largest absolute Gasteiger partial charge is 0.397 e. The SMILES string of the molecule is CSCCC(C)Nc1ncc(N)cc1Cl. The zero-order valence-corrected chi connectivity index (χ0v) is 10.5. The van der Waals surface area contributed by atoms with Crippen LogP contribution in [-0.4, -0.2) is 23.0 Å². The molecule has 0 radical (unpaired) electrons. The van der Waals surface area contributed by atoms with Crippen molar-refractivity contribution in [1.82, 2.24) is 4.98 Å². The highest BCUT2D eigenvalue weighted by atomic mass is 35.5. The molecular formula is C10H16ClN3S. The fourth-order valence-corrected chi connectivity index (χ4v) is 1.98. The normalized spacial score (nSPS) is 12.5. The summed E-state index contributed by atoms with van der Waals surface area (Å²) in [5, 5.41) is 3.84. The van der Waals surface area contributed by atoms with Crippen molar-refractivity contribution in [2.24, 2.45) is 0 Å². The van der Waals surface area contributed by atoms with Crippen molar-refractivity contribution in [3.8, 4) is 0 Å². The summed E-state index contributed by atoms with van der Waals surface area (Å²) in [6.07, 6.45) is 4.79. The fourth-order valence-electron chi connectivity index (χ4n) is 1.16. The molecule has 0 aliphatic rings. The lowest BCUT2D eigenvalue weighted by Crippen LogP contribution is -2.17. The van der Waals surface area contributed by atoms with Gasteiger partial charge in [-0.15, -0.1) is 0 Å². The minimum absolute atomic E-state index is 0.367. The van der Waals surface area contributed by atoms with Crippen LogP contribution in [0.25, 0.3) is 0 Å². The first-order chi connectivity index (χ1) is 7.13. The van der Waals surface area contributed by atoms with Crippen LogP contribution >= 0.6 is 23.4 Å². The summed E-state index contributed by atoms with van der Waals surface area (Å²) in [5.41, 5.74) is 6.15. The van der Waals surface area contributed by atoms with E-state index in [1.165, 1.54) is 0 Å². The predicted molar refractivity (Wildman–Crippen MR) is 69.7 cm³/mol. The molecule has 0 fully saturated rings. The van der Waals surface area contributed by atoms with Crippen LogP contribution in [0.2, 0.25) is 5.02 Å². The Bertz CT molecular complexity index is 320. The Morgan fingerprint density at radius 2 is 2.40 bits per heavy atom. The van der Waals surface area contributed by atoms with E-state index in [0.717, 1.165) is 12.2 Å². The number of hydrogen-bond donors (Lipinski definition) is 2. The zero-order valence-electron chi connectivity index (χ0n) is 8.96. The van der Waals surface area contributed by atoms with Gasteiger partial charge in [-0.05, 0) is 31.4 Å². The molecule has 0 aliphatic carbocycles. The lowest BCUT2D eigenvalue weighted by molar-refractivity contribution is 0.767. The quantitative estimate of drug-likeness (QED) is 0.838. The summed E-state index contributed by atoms with van der Waals surface area (Å²) in [7, 11) is 0. The van der Waals surface area contributed by atoms with Gasteiger partial charge in [0, 0.05) is 6.04 Å².